The lowest BCUT2D eigenvalue weighted by Crippen LogP contribution is -2.38. The number of carbonyl (C=O) groups is 1. The Morgan fingerprint density at radius 1 is 1.17 bits per heavy atom. The van der Waals surface area contributed by atoms with E-state index in [0.717, 1.165) is 24.8 Å². The highest BCUT2D eigenvalue weighted by Gasteiger charge is 2.19. The van der Waals surface area contributed by atoms with Crippen LogP contribution >= 0.6 is 0 Å². The Morgan fingerprint density at radius 3 is 2.17 bits per heavy atom. The number of rotatable bonds is 8. The summed E-state index contributed by atoms with van der Waals surface area (Å²) in [5, 5.41) is 3.58. The van der Waals surface area contributed by atoms with E-state index in [1.54, 1.807) is 0 Å². The number of carbonyl (C=O) groups excluding carboxylic acids is 1. The normalized spacial score (nSPS) is 15.9. The molecule has 18 heavy (non-hydrogen) atoms. The van der Waals surface area contributed by atoms with Crippen LogP contribution in [0, 0.1) is 0 Å². The second-order valence-corrected chi connectivity index (χ2v) is 4.66. The second-order valence-electron chi connectivity index (χ2n) is 4.66. The van der Waals surface area contributed by atoms with Gasteiger partial charge in [0.2, 0.25) is 0 Å². The fourth-order valence-corrected chi connectivity index (χ4v) is 2.07. The van der Waals surface area contributed by atoms with Crippen LogP contribution in [-0.4, -0.2) is 24.7 Å². The minimum absolute atomic E-state index is 0.182. The smallest absolute Gasteiger partial charge is 0.333 e. The topological polar surface area (TPSA) is 38.3 Å². The summed E-state index contributed by atoms with van der Waals surface area (Å²) < 4.78 is 5.09. The van der Waals surface area contributed by atoms with Crippen molar-refractivity contribution in [3.8, 4) is 0 Å². The summed E-state index contributed by atoms with van der Waals surface area (Å²) in [6.45, 7) is 12.7. The maximum absolute atomic E-state index is 11.8. The molecule has 0 aliphatic heterocycles. The van der Waals surface area contributed by atoms with Crippen molar-refractivity contribution < 1.29 is 9.53 Å². The van der Waals surface area contributed by atoms with Gasteiger partial charge in [0.1, 0.15) is 0 Å². The van der Waals surface area contributed by atoms with Gasteiger partial charge in [-0.3, -0.25) is 0 Å². The third-order valence-electron chi connectivity index (χ3n) is 3.37. The van der Waals surface area contributed by atoms with Crippen LogP contribution in [-0.2, 0) is 9.53 Å². The highest BCUT2D eigenvalue weighted by molar-refractivity contribution is 5.88. The average Bonchev–Trinajstić information content (AvgIpc) is 2.37. The molecular weight excluding hydrogens is 226 g/mol. The standard InChI is InChI=1S/C15H29NO2/c1-7-11(5)16-14(9-3)13(8-2)12(6)15(17)18-10-4/h11,14,16H,7-10H2,1-6H3/b13-12+/t11-,14?/m1/s1. The third-order valence-corrected chi connectivity index (χ3v) is 3.37. The SMILES string of the molecule is CCOC(=O)/C(C)=C(\CC)C(CC)N[C@H](C)CC. The van der Waals surface area contributed by atoms with E-state index in [1.807, 2.05) is 13.8 Å². The van der Waals surface area contributed by atoms with Gasteiger partial charge in [0, 0.05) is 17.7 Å². The molecule has 0 spiro atoms. The Morgan fingerprint density at radius 2 is 1.78 bits per heavy atom. The van der Waals surface area contributed by atoms with Crippen LogP contribution < -0.4 is 5.32 Å². The van der Waals surface area contributed by atoms with Gasteiger partial charge >= 0.3 is 5.97 Å². The summed E-state index contributed by atoms with van der Waals surface area (Å²) in [6, 6.07) is 0.737. The zero-order chi connectivity index (χ0) is 14.1. The molecule has 106 valence electrons. The summed E-state index contributed by atoms with van der Waals surface area (Å²) in [4.78, 5) is 11.8. The average molecular weight is 255 g/mol. The molecule has 0 amide bonds. The first-order valence-electron chi connectivity index (χ1n) is 7.14. The van der Waals surface area contributed by atoms with E-state index in [9.17, 15) is 4.79 Å². The van der Waals surface area contributed by atoms with Crippen LogP contribution in [0.5, 0.6) is 0 Å². The number of esters is 1. The molecule has 0 saturated heterocycles. The molecule has 0 rings (SSSR count). The summed E-state index contributed by atoms with van der Waals surface area (Å²) in [7, 11) is 0. The highest BCUT2D eigenvalue weighted by atomic mass is 16.5. The lowest BCUT2D eigenvalue weighted by atomic mass is 9.96. The van der Waals surface area contributed by atoms with Crippen molar-refractivity contribution in [2.24, 2.45) is 0 Å². The van der Waals surface area contributed by atoms with Crippen LogP contribution in [0.15, 0.2) is 11.1 Å². The maximum Gasteiger partial charge on any atom is 0.333 e. The molecule has 1 unspecified atom stereocenters. The molecule has 0 aromatic heterocycles. The number of ether oxygens (including phenoxy) is 1. The minimum Gasteiger partial charge on any atom is -0.463 e. The predicted molar refractivity (Wildman–Crippen MR) is 76.6 cm³/mol. The Bertz CT molecular complexity index is 284. The number of nitrogens with one attached hydrogen (secondary N) is 1. The van der Waals surface area contributed by atoms with Crippen molar-refractivity contribution in [1.29, 1.82) is 0 Å². The summed E-state index contributed by atoms with van der Waals surface area (Å²) in [6.07, 6.45) is 2.96. The van der Waals surface area contributed by atoms with Crippen LogP contribution in [0.2, 0.25) is 0 Å². The zero-order valence-corrected chi connectivity index (χ0v) is 12.8. The molecule has 0 fully saturated rings. The van der Waals surface area contributed by atoms with Crippen molar-refractivity contribution >= 4 is 5.97 Å². The molecule has 0 aromatic rings. The van der Waals surface area contributed by atoms with Crippen LogP contribution in [0.1, 0.15) is 60.8 Å². The van der Waals surface area contributed by atoms with Gasteiger partial charge in [-0.25, -0.2) is 4.79 Å². The van der Waals surface area contributed by atoms with Gasteiger partial charge in [-0.1, -0.05) is 20.8 Å². The molecule has 0 bridgehead atoms. The molecule has 3 nitrogen and oxygen atoms in total. The molecule has 0 radical (unpaired) electrons. The van der Waals surface area contributed by atoms with Gasteiger partial charge in [-0.2, -0.15) is 0 Å². The Balaban J connectivity index is 4.99. The molecule has 0 aromatic carbocycles. The monoisotopic (exact) mass is 255 g/mol. The van der Waals surface area contributed by atoms with Crippen LogP contribution in [0.4, 0.5) is 0 Å². The van der Waals surface area contributed by atoms with Crippen molar-refractivity contribution in [1.82, 2.24) is 5.32 Å². The van der Waals surface area contributed by atoms with Gasteiger partial charge in [0.25, 0.3) is 0 Å². The Kier molecular flexibility index (Phi) is 8.73. The van der Waals surface area contributed by atoms with E-state index >= 15 is 0 Å². The van der Waals surface area contributed by atoms with Gasteiger partial charge in [0.15, 0.2) is 0 Å². The number of hydrogen-bond donors (Lipinski definition) is 1. The quantitative estimate of drug-likeness (QED) is 0.533. The van der Waals surface area contributed by atoms with E-state index in [2.05, 4.69) is 33.0 Å². The summed E-state index contributed by atoms with van der Waals surface area (Å²) >= 11 is 0. The maximum atomic E-state index is 11.8. The Labute approximate surface area is 112 Å². The lowest BCUT2D eigenvalue weighted by Gasteiger charge is -2.25. The van der Waals surface area contributed by atoms with E-state index in [0.29, 0.717) is 12.6 Å². The largest absolute Gasteiger partial charge is 0.463 e. The zero-order valence-electron chi connectivity index (χ0n) is 12.8. The molecule has 0 aliphatic rings. The second kappa shape index (κ2) is 9.15. The molecule has 2 atom stereocenters. The van der Waals surface area contributed by atoms with E-state index in [1.165, 1.54) is 5.57 Å². The summed E-state index contributed by atoms with van der Waals surface area (Å²) in [5.41, 5.74) is 1.94. The first-order valence-corrected chi connectivity index (χ1v) is 7.14. The van der Waals surface area contributed by atoms with Gasteiger partial charge in [-0.05, 0) is 45.6 Å². The molecule has 0 aliphatic carbocycles. The highest BCUT2D eigenvalue weighted by Crippen LogP contribution is 2.18. The first kappa shape index (κ1) is 17.2. The third kappa shape index (κ3) is 5.21. The molecule has 1 N–H and O–H groups in total. The molecular formula is C15H29NO2. The van der Waals surface area contributed by atoms with E-state index in [4.69, 9.17) is 4.74 Å². The van der Waals surface area contributed by atoms with Gasteiger partial charge < -0.3 is 10.1 Å². The van der Waals surface area contributed by atoms with Gasteiger partial charge in [-0.15, -0.1) is 0 Å². The van der Waals surface area contributed by atoms with Crippen LogP contribution in [0.25, 0.3) is 0 Å². The van der Waals surface area contributed by atoms with Gasteiger partial charge in [0.05, 0.1) is 6.61 Å². The molecule has 3 heteroatoms. The van der Waals surface area contributed by atoms with Crippen LogP contribution in [0.3, 0.4) is 0 Å². The first-order chi connectivity index (χ1) is 8.51. The Hall–Kier alpha value is -0.830. The van der Waals surface area contributed by atoms with Crippen molar-refractivity contribution in [2.75, 3.05) is 6.61 Å². The molecule has 0 saturated carbocycles. The van der Waals surface area contributed by atoms with Crippen molar-refractivity contribution in [3.05, 3.63) is 11.1 Å². The molecule has 0 heterocycles. The predicted octanol–water partition coefficient (Wildman–Crippen LogP) is 3.44. The number of hydrogen-bond acceptors (Lipinski definition) is 3. The fourth-order valence-electron chi connectivity index (χ4n) is 2.07. The van der Waals surface area contributed by atoms with E-state index in [-0.39, 0.29) is 12.0 Å². The van der Waals surface area contributed by atoms with Crippen molar-refractivity contribution in [2.45, 2.75) is 72.9 Å². The minimum atomic E-state index is -0.182. The summed E-state index contributed by atoms with van der Waals surface area (Å²) in [5.74, 6) is -0.182. The fraction of sp³-hybridized carbons (Fsp3) is 0.800. The van der Waals surface area contributed by atoms with E-state index < -0.39 is 0 Å². The lowest BCUT2D eigenvalue weighted by molar-refractivity contribution is -0.138. The van der Waals surface area contributed by atoms with Crippen molar-refractivity contribution in [3.63, 3.8) is 0 Å².